The average molecular weight is 664 g/mol. The first-order valence-corrected chi connectivity index (χ1v) is 17.9. The van der Waals surface area contributed by atoms with Gasteiger partial charge in [-0.3, -0.25) is 0 Å². The van der Waals surface area contributed by atoms with Crippen molar-refractivity contribution < 1.29 is 4.42 Å². The molecule has 240 valence electrons. The van der Waals surface area contributed by atoms with E-state index in [1.807, 2.05) is 59.9 Å². The second-order valence-electron chi connectivity index (χ2n) is 14.5. The number of aromatic nitrogens is 3. The highest BCUT2D eigenvalue weighted by molar-refractivity contribution is 7.25. The maximum Gasteiger partial charge on any atom is 0.164 e. The van der Waals surface area contributed by atoms with Gasteiger partial charge in [0.2, 0.25) is 0 Å². The summed E-state index contributed by atoms with van der Waals surface area (Å²) in [6, 6.07) is 44.9. The van der Waals surface area contributed by atoms with Crippen LogP contribution >= 0.6 is 11.3 Å². The molecule has 0 saturated heterocycles. The molecule has 0 radical (unpaired) electrons. The molecule has 0 spiro atoms. The minimum atomic E-state index is -0.120. The van der Waals surface area contributed by atoms with E-state index in [2.05, 4.69) is 107 Å². The van der Waals surface area contributed by atoms with Crippen molar-refractivity contribution in [3.05, 3.63) is 139 Å². The number of hydrogen-bond acceptors (Lipinski definition) is 5. The van der Waals surface area contributed by atoms with Gasteiger partial charge in [-0.25, -0.2) is 15.0 Å². The first kappa shape index (κ1) is 29.3. The summed E-state index contributed by atoms with van der Waals surface area (Å²) in [5.74, 6) is 1.91. The summed E-state index contributed by atoms with van der Waals surface area (Å²) in [6.07, 6.45) is 0. The molecule has 1 aliphatic carbocycles. The van der Waals surface area contributed by atoms with Gasteiger partial charge in [0.15, 0.2) is 17.5 Å². The fourth-order valence-electron chi connectivity index (χ4n) is 7.94. The van der Waals surface area contributed by atoms with Crippen molar-refractivity contribution >= 4 is 53.4 Å². The Kier molecular flexibility index (Phi) is 6.11. The molecule has 0 saturated carbocycles. The number of benzene rings is 6. The Morgan fingerprint density at radius 1 is 0.460 bits per heavy atom. The fourth-order valence-corrected chi connectivity index (χ4v) is 9.07. The number of rotatable bonds is 3. The zero-order chi connectivity index (χ0) is 33.8. The molecular formula is C45H33N3OS. The van der Waals surface area contributed by atoms with Gasteiger partial charge in [-0.1, -0.05) is 119 Å². The van der Waals surface area contributed by atoms with E-state index in [9.17, 15) is 0 Å². The molecule has 1 aliphatic rings. The van der Waals surface area contributed by atoms with Gasteiger partial charge in [-0.2, -0.15) is 0 Å². The SMILES string of the molecule is CC1(C)c2ccc(-c3nc(-c4ccccc4)nc(-c4cccc5oc6ccccc6c45)n3)cc2-c2cc3sc4ccccc4c3cc2C1(C)C. The average Bonchev–Trinajstić information content (AvgIpc) is 3.72. The van der Waals surface area contributed by atoms with Crippen LogP contribution in [0, 0.1) is 0 Å². The third-order valence-corrected chi connectivity index (χ3v) is 12.4. The molecule has 4 nitrogen and oxygen atoms in total. The van der Waals surface area contributed by atoms with Crippen molar-refractivity contribution in [1.29, 1.82) is 0 Å². The van der Waals surface area contributed by atoms with Crippen molar-refractivity contribution in [3.63, 3.8) is 0 Å². The predicted molar refractivity (Wildman–Crippen MR) is 208 cm³/mol. The van der Waals surface area contributed by atoms with Crippen LogP contribution in [-0.4, -0.2) is 15.0 Å². The van der Waals surface area contributed by atoms with Gasteiger partial charge >= 0.3 is 0 Å². The van der Waals surface area contributed by atoms with Gasteiger partial charge in [-0.15, -0.1) is 11.3 Å². The lowest BCUT2D eigenvalue weighted by Crippen LogP contribution is -2.43. The Hall–Kier alpha value is -5.65. The topological polar surface area (TPSA) is 51.8 Å². The Morgan fingerprint density at radius 3 is 1.96 bits per heavy atom. The van der Waals surface area contributed by atoms with Crippen LogP contribution < -0.4 is 0 Å². The van der Waals surface area contributed by atoms with Gasteiger partial charge in [0.05, 0.1) is 0 Å². The smallest absolute Gasteiger partial charge is 0.164 e. The van der Waals surface area contributed by atoms with E-state index in [-0.39, 0.29) is 10.8 Å². The van der Waals surface area contributed by atoms with Gasteiger partial charge < -0.3 is 4.42 Å². The summed E-state index contributed by atoms with van der Waals surface area (Å²) in [4.78, 5) is 15.5. The first-order chi connectivity index (χ1) is 24.3. The van der Waals surface area contributed by atoms with Crippen LogP contribution in [0.15, 0.2) is 132 Å². The Bertz CT molecular complexity index is 2820. The lowest BCUT2D eigenvalue weighted by molar-refractivity contribution is 0.299. The summed E-state index contributed by atoms with van der Waals surface area (Å²) in [5, 5.41) is 4.72. The molecule has 0 amide bonds. The van der Waals surface area contributed by atoms with Crippen molar-refractivity contribution in [2.75, 3.05) is 0 Å². The maximum absolute atomic E-state index is 6.26. The van der Waals surface area contributed by atoms with E-state index in [4.69, 9.17) is 19.4 Å². The predicted octanol–water partition coefficient (Wildman–Crippen LogP) is 12.4. The lowest BCUT2D eigenvalue weighted by Gasteiger charge is -2.48. The first-order valence-electron chi connectivity index (χ1n) is 17.1. The fraction of sp³-hybridized carbons (Fsp3) is 0.133. The molecule has 5 heteroatoms. The molecule has 0 fully saturated rings. The third kappa shape index (κ3) is 4.13. The molecule has 3 aromatic heterocycles. The van der Waals surface area contributed by atoms with E-state index >= 15 is 0 Å². The summed E-state index contributed by atoms with van der Waals surface area (Å²) < 4.78 is 8.89. The van der Waals surface area contributed by atoms with Crippen LogP contribution in [0.3, 0.4) is 0 Å². The molecule has 0 bridgehead atoms. The molecule has 0 N–H and O–H groups in total. The molecule has 0 atom stereocenters. The summed E-state index contributed by atoms with van der Waals surface area (Å²) in [5.41, 5.74) is 9.53. The molecular weight excluding hydrogens is 631 g/mol. The molecule has 6 aromatic carbocycles. The molecule has 3 heterocycles. The van der Waals surface area contributed by atoms with Crippen LogP contribution in [0.4, 0.5) is 0 Å². The van der Waals surface area contributed by atoms with Crippen LogP contribution in [0.2, 0.25) is 0 Å². The van der Waals surface area contributed by atoms with Crippen LogP contribution in [0.5, 0.6) is 0 Å². The van der Waals surface area contributed by atoms with Crippen LogP contribution in [0.25, 0.3) is 87.4 Å². The van der Waals surface area contributed by atoms with Gasteiger partial charge in [0, 0.05) is 47.6 Å². The summed E-state index contributed by atoms with van der Waals surface area (Å²) >= 11 is 1.87. The van der Waals surface area contributed by atoms with Crippen molar-refractivity contribution in [1.82, 2.24) is 15.0 Å². The Labute approximate surface area is 294 Å². The number of nitrogens with zero attached hydrogens (tertiary/aromatic N) is 3. The number of furan rings is 1. The Balaban J connectivity index is 1.22. The van der Waals surface area contributed by atoms with Crippen LogP contribution in [0.1, 0.15) is 38.8 Å². The van der Waals surface area contributed by atoms with Gasteiger partial charge in [0.25, 0.3) is 0 Å². The quantitative estimate of drug-likeness (QED) is 0.189. The number of para-hydroxylation sites is 1. The second-order valence-corrected chi connectivity index (χ2v) is 15.5. The standard InChI is InChI=1S/C45H33N3OS/c1-44(2)34-22-21-27(23-31(34)32-25-39-33(24-35(32)45(44,3)4)28-15-9-11-20-38(28)50-39)42-46-41(26-13-6-5-7-14-26)47-43(48-42)30-17-12-19-37-40(30)29-16-8-10-18-36(29)49-37/h5-25H,1-4H3. The van der Waals surface area contributed by atoms with Crippen molar-refractivity contribution in [2.45, 2.75) is 38.5 Å². The maximum atomic E-state index is 6.26. The molecule has 0 aliphatic heterocycles. The lowest BCUT2D eigenvalue weighted by atomic mass is 9.55. The molecule has 10 rings (SSSR count). The monoisotopic (exact) mass is 663 g/mol. The van der Waals surface area contributed by atoms with Gasteiger partial charge in [-0.05, 0) is 69.5 Å². The summed E-state index contributed by atoms with van der Waals surface area (Å²) in [7, 11) is 0. The van der Waals surface area contributed by atoms with E-state index in [1.165, 1.54) is 42.4 Å². The third-order valence-electron chi connectivity index (χ3n) is 11.3. The number of fused-ring (bicyclic) bond motifs is 9. The molecule has 0 unspecified atom stereocenters. The second kappa shape index (κ2) is 10.4. The highest BCUT2D eigenvalue weighted by Crippen LogP contribution is 2.56. The van der Waals surface area contributed by atoms with E-state index in [0.29, 0.717) is 17.5 Å². The van der Waals surface area contributed by atoms with Gasteiger partial charge in [0.1, 0.15) is 11.2 Å². The highest BCUT2D eigenvalue weighted by Gasteiger charge is 2.46. The normalized spacial score (nSPS) is 14.7. The molecule has 50 heavy (non-hydrogen) atoms. The zero-order valence-electron chi connectivity index (χ0n) is 28.3. The highest BCUT2D eigenvalue weighted by atomic mass is 32.1. The van der Waals surface area contributed by atoms with E-state index in [0.717, 1.165) is 38.6 Å². The number of thiophene rings is 1. The minimum absolute atomic E-state index is 0.0963. The van der Waals surface area contributed by atoms with Crippen molar-refractivity contribution in [3.8, 4) is 45.3 Å². The van der Waals surface area contributed by atoms with Crippen molar-refractivity contribution in [2.24, 2.45) is 0 Å². The van der Waals surface area contributed by atoms with Crippen LogP contribution in [-0.2, 0) is 10.8 Å². The zero-order valence-corrected chi connectivity index (χ0v) is 29.1. The van der Waals surface area contributed by atoms with E-state index in [1.54, 1.807) is 0 Å². The Morgan fingerprint density at radius 2 is 1.12 bits per heavy atom. The largest absolute Gasteiger partial charge is 0.456 e. The molecule has 9 aromatic rings. The summed E-state index contributed by atoms with van der Waals surface area (Å²) in [6.45, 7) is 9.56. The van der Waals surface area contributed by atoms with E-state index < -0.39 is 0 Å². The number of hydrogen-bond donors (Lipinski definition) is 0. The minimum Gasteiger partial charge on any atom is -0.456 e.